The number of nitrogens with zero attached hydrogens (tertiary/aromatic N) is 1. The van der Waals surface area contributed by atoms with Crippen LogP contribution in [0.1, 0.15) is 44.9 Å². The number of carboxylic acid groups (broad SMARTS) is 1. The molecule has 1 atom stereocenters. The first-order chi connectivity index (χ1) is 8.79. The van der Waals surface area contributed by atoms with Crippen molar-refractivity contribution in [2.45, 2.75) is 51.0 Å². The van der Waals surface area contributed by atoms with E-state index in [1.807, 2.05) is 0 Å². The van der Waals surface area contributed by atoms with E-state index >= 15 is 0 Å². The highest BCUT2D eigenvalue weighted by atomic mass is 16.4. The summed E-state index contributed by atoms with van der Waals surface area (Å²) < 4.78 is 0. The largest absolute Gasteiger partial charge is 0.480 e. The lowest BCUT2D eigenvalue weighted by Crippen LogP contribution is -2.54. The van der Waals surface area contributed by atoms with Crippen LogP contribution in [-0.2, 0) is 4.79 Å². The molecule has 0 spiro atoms. The first-order valence-electron chi connectivity index (χ1n) is 7.46. The van der Waals surface area contributed by atoms with Crippen molar-refractivity contribution >= 4 is 5.97 Å². The van der Waals surface area contributed by atoms with E-state index in [0.717, 1.165) is 39.0 Å². The van der Waals surface area contributed by atoms with Crippen molar-refractivity contribution in [1.29, 1.82) is 0 Å². The van der Waals surface area contributed by atoms with Crippen LogP contribution in [0.2, 0.25) is 0 Å². The van der Waals surface area contributed by atoms with Gasteiger partial charge in [-0.2, -0.15) is 0 Å². The van der Waals surface area contributed by atoms with Crippen LogP contribution in [0.25, 0.3) is 0 Å². The maximum Gasteiger partial charge on any atom is 0.321 e. The van der Waals surface area contributed by atoms with Gasteiger partial charge in [0.1, 0.15) is 6.04 Å². The fraction of sp³-hybridized carbons (Fsp3) is 0.929. The van der Waals surface area contributed by atoms with Gasteiger partial charge >= 0.3 is 5.97 Å². The molecular formula is C14H26N2O2. The Kier molecular flexibility index (Phi) is 5.45. The van der Waals surface area contributed by atoms with Crippen LogP contribution >= 0.6 is 0 Å². The molecule has 0 aromatic heterocycles. The van der Waals surface area contributed by atoms with Crippen LogP contribution in [0.3, 0.4) is 0 Å². The third-order valence-corrected chi connectivity index (χ3v) is 4.39. The summed E-state index contributed by atoms with van der Waals surface area (Å²) in [6, 6.07) is -0.245. The van der Waals surface area contributed by atoms with Crippen LogP contribution in [0.4, 0.5) is 0 Å². The molecule has 4 heteroatoms. The fourth-order valence-electron chi connectivity index (χ4n) is 3.42. The maximum atomic E-state index is 11.6. The molecule has 1 saturated carbocycles. The number of aliphatic carboxylic acids is 1. The summed E-state index contributed by atoms with van der Waals surface area (Å²) in [5, 5.41) is 12.9. The van der Waals surface area contributed by atoms with E-state index in [-0.39, 0.29) is 6.04 Å². The Morgan fingerprint density at radius 2 is 1.61 bits per heavy atom. The predicted octanol–water partition coefficient (Wildman–Crippen LogP) is 1.71. The van der Waals surface area contributed by atoms with Gasteiger partial charge in [-0.3, -0.25) is 9.69 Å². The van der Waals surface area contributed by atoms with Crippen molar-refractivity contribution in [1.82, 2.24) is 10.2 Å². The smallest absolute Gasteiger partial charge is 0.321 e. The molecule has 18 heavy (non-hydrogen) atoms. The molecule has 1 aliphatic heterocycles. The number of hydrogen-bond donors (Lipinski definition) is 2. The van der Waals surface area contributed by atoms with E-state index in [1.165, 1.54) is 32.1 Å². The molecule has 1 unspecified atom stereocenters. The number of carboxylic acids is 1. The van der Waals surface area contributed by atoms with Gasteiger partial charge in [0.2, 0.25) is 0 Å². The molecule has 0 radical (unpaired) electrons. The van der Waals surface area contributed by atoms with Gasteiger partial charge in [-0.1, -0.05) is 32.1 Å². The fourth-order valence-corrected chi connectivity index (χ4v) is 3.42. The summed E-state index contributed by atoms with van der Waals surface area (Å²) in [4.78, 5) is 13.8. The second-order valence-corrected chi connectivity index (χ2v) is 5.67. The van der Waals surface area contributed by atoms with E-state index in [4.69, 9.17) is 0 Å². The minimum Gasteiger partial charge on any atom is -0.480 e. The molecular weight excluding hydrogens is 228 g/mol. The zero-order valence-corrected chi connectivity index (χ0v) is 11.2. The monoisotopic (exact) mass is 254 g/mol. The minimum atomic E-state index is -0.609. The zero-order chi connectivity index (χ0) is 12.8. The Hall–Kier alpha value is -0.610. The third-order valence-electron chi connectivity index (χ3n) is 4.39. The Balaban J connectivity index is 1.99. The van der Waals surface area contributed by atoms with Gasteiger partial charge in [-0.25, -0.2) is 0 Å². The molecule has 4 nitrogen and oxygen atoms in total. The van der Waals surface area contributed by atoms with Gasteiger partial charge in [-0.05, 0) is 18.8 Å². The third kappa shape index (κ3) is 3.69. The summed E-state index contributed by atoms with van der Waals surface area (Å²) in [5.74, 6) is -0.247. The standard InChI is InChI=1S/C14H26N2O2/c17-14(18)13(16-10-8-15-9-11-16)12-6-4-2-1-3-5-7-12/h12-13,15H,1-11H2,(H,17,18). The quantitative estimate of drug-likeness (QED) is 0.805. The maximum absolute atomic E-state index is 11.6. The molecule has 0 amide bonds. The van der Waals surface area contributed by atoms with E-state index < -0.39 is 5.97 Å². The molecule has 2 rings (SSSR count). The number of rotatable bonds is 3. The van der Waals surface area contributed by atoms with Crippen LogP contribution in [-0.4, -0.2) is 48.2 Å². The van der Waals surface area contributed by atoms with E-state index in [2.05, 4.69) is 10.2 Å². The Labute approximate surface area is 110 Å². The Morgan fingerprint density at radius 1 is 1.06 bits per heavy atom. The zero-order valence-electron chi connectivity index (χ0n) is 11.2. The molecule has 2 aliphatic rings. The lowest BCUT2D eigenvalue weighted by atomic mass is 9.85. The number of piperazine rings is 1. The van der Waals surface area contributed by atoms with Gasteiger partial charge < -0.3 is 10.4 Å². The Morgan fingerprint density at radius 3 is 2.17 bits per heavy atom. The second kappa shape index (κ2) is 7.10. The van der Waals surface area contributed by atoms with Crippen molar-refractivity contribution in [3.05, 3.63) is 0 Å². The molecule has 2 fully saturated rings. The van der Waals surface area contributed by atoms with E-state index in [1.54, 1.807) is 0 Å². The Bertz CT molecular complexity index is 257. The minimum absolute atomic E-state index is 0.245. The highest BCUT2D eigenvalue weighted by Crippen LogP contribution is 2.28. The first kappa shape index (κ1) is 13.8. The van der Waals surface area contributed by atoms with Crippen molar-refractivity contribution in [2.75, 3.05) is 26.2 Å². The van der Waals surface area contributed by atoms with Crippen LogP contribution in [0.15, 0.2) is 0 Å². The molecule has 0 aromatic carbocycles. The van der Waals surface area contributed by atoms with Crippen molar-refractivity contribution < 1.29 is 9.90 Å². The van der Waals surface area contributed by atoms with Gasteiger partial charge in [0.05, 0.1) is 0 Å². The van der Waals surface area contributed by atoms with Crippen molar-refractivity contribution in [3.63, 3.8) is 0 Å². The van der Waals surface area contributed by atoms with Crippen LogP contribution in [0, 0.1) is 5.92 Å². The van der Waals surface area contributed by atoms with Gasteiger partial charge in [0.15, 0.2) is 0 Å². The predicted molar refractivity (Wildman–Crippen MR) is 71.7 cm³/mol. The number of nitrogens with one attached hydrogen (secondary N) is 1. The normalized spacial score (nSPS) is 26.2. The first-order valence-corrected chi connectivity index (χ1v) is 7.46. The second-order valence-electron chi connectivity index (χ2n) is 5.67. The summed E-state index contributed by atoms with van der Waals surface area (Å²) in [6.07, 6.45) is 8.51. The average Bonchev–Trinajstić information content (AvgIpc) is 2.33. The topological polar surface area (TPSA) is 52.6 Å². The lowest BCUT2D eigenvalue weighted by Gasteiger charge is -2.37. The summed E-state index contributed by atoms with van der Waals surface area (Å²) in [6.45, 7) is 3.62. The van der Waals surface area contributed by atoms with Crippen molar-refractivity contribution in [2.24, 2.45) is 5.92 Å². The number of carbonyl (C=O) groups is 1. The van der Waals surface area contributed by atoms with Gasteiger partial charge in [-0.15, -0.1) is 0 Å². The molecule has 104 valence electrons. The van der Waals surface area contributed by atoms with Gasteiger partial charge in [0.25, 0.3) is 0 Å². The van der Waals surface area contributed by atoms with Gasteiger partial charge in [0, 0.05) is 26.2 Å². The SMILES string of the molecule is O=C(O)C(C1CCCCCCC1)N1CCNCC1. The lowest BCUT2D eigenvalue weighted by molar-refractivity contribution is -0.146. The highest BCUT2D eigenvalue weighted by molar-refractivity contribution is 5.74. The van der Waals surface area contributed by atoms with Crippen LogP contribution < -0.4 is 5.32 Å². The highest BCUT2D eigenvalue weighted by Gasteiger charge is 2.33. The molecule has 0 aromatic rings. The number of hydrogen-bond acceptors (Lipinski definition) is 3. The van der Waals surface area contributed by atoms with Crippen LogP contribution in [0.5, 0.6) is 0 Å². The molecule has 2 N–H and O–H groups in total. The molecule has 1 saturated heterocycles. The molecule has 0 bridgehead atoms. The van der Waals surface area contributed by atoms with E-state index in [9.17, 15) is 9.90 Å². The molecule has 1 aliphatic carbocycles. The summed E-state index contributed by atoms with van der Waals surface area (Å²) in [5.41, 5.74) is 0. The van der Waals surface area contributed by atoms with E-state index in [0.29, 0.717) is 5.92 Å². The average molecular weight is 254 g/mol. The molecule has 1 heterocycles. The summed E-state index contributed by atoms with van der Waals surface area (Å²) in [7, 11) is 0. The van der Waals surface area contributed by atoms with Crippen molar-refractivity contribution in [3.8, 4) is 0 Å². The summed E-state index contributed by atoms with van der Waals surface area (Å²) >= 11 is 0.